The number of nitrogens with zero attached hydrogens (tertiary/aromatic N) is 4. The van der Waals surface area contributed by atoms with Gasteiger partial charge in [0.15, 0.2) is 5.82 Å². The van der Waals surface area contributed by atoms with Crippen LogP contribution < -0.4 is 30.9 Å². The van der Waals surface area contributed by atoms with Crippen LogP contribution in [0.15, 0.2) is 42.6 Å². The summed E-state index contributed by atoms with van der Waals surface area (Å²) >= 11 is 6.33. The number of likely N-dealkylation sites (N-methyl/N-ethyl adjacent to an activating group) is 2. The Hall–Kier alpha value is -3.40. The van der Waals surface area contributed by atoms with E-state index >= 15 is 0 Å². The normalized spacial score (nSPS) is 11.2. The lowest BCUT2D eigenvalue weighted by Crippen LogP contribution is -2.27. The fourth-order valence-corrected chi connectivity index (χ4v) is 4.78. The lowest BCUT2D eigenvalue weighted by molar-refractivity contribution is -0.384. The summed E-state index contributed by atoms with van der Waals surface area (Å²) in [5.74, 6) is 0.801. The van der Waals surface area contributed by atoms with E-state index in [9.17, 15) is 14.7 Å². The van der Waals surface area contributed by atoms with Crippen LogP contribution >= 0.6 is 18.7 Å². The van der Waals surface area contributed by atoms with Gasteiger partial charge in [0, 0.05) is 37.6 Å². The second kappa shape index (κ2) is 11.6. The van der Waals surface area contributed by atoms with Crippen LogP contribution in [-0.2, 0) is 4.57 Å². The van der Waals surface area contributed by atoms with Crippen molar-refractivity contribution in [3.63, 3.8) is 0 Å². The molecule has 1 heterocycles. The Labute approximate surface area is 214 Å². The Balaban J connectivity index is 1.97. The van der Waals surface area contributed by atoms with Gasteiger partial charge in [-0.05, 0) is 32.5 Å². The largest absolute Gasteiger partial charge is 0.494 e. The fraction of sp³-hybridized carbons (Fsp3) is 0.304. The first-order valence-corrected chi connectivity index (χ1v) is 14.0. The highest BCUT2D eigenvalue weighted by molar-refractivity contribution is 7.70. The van der Waals surface area contributed by atoms with Crippen molar-refractivity contribution in [2.45, 2.75) is 0 Å². The molecule has 11 nitrogen and oxygen atoms in total. The summed E-state index contributed by atoms with van der Waals surface area (Å²) in [6, 6.07) is 10.2. The minimum Gasteiger partial charge on any atom is -0.494 e. The van der Waals surface area contributed by atoms with Crippen molar-refractivity contribution >= 4 is 58.6 Å². The number of nitrogens with one attached hydrogen (secondary N) is 3. The third kappa shape index (κ3) is 6.42. The van der Waals surface area contributed by atoms with E-state index < -0.39 is 12.1 Å². The molecule has 3 aromatic rings. The van der Waals surface area contributed by atoms with Crippen molar-refractivity contribution < 1.29 is 14.2 Å². The quantitative estimate of drug-likeness (QED) is 0.184. The molecule has 13 heteroatoms. The summed E-state index contributed by atoms with van der Waals surface area (Å²) < 4.78 is 18.2. The molecule has 0 amide bonds. The monoisotopic (exact) mass is 533 g/mol. The molecule has 0 bridgehead atoms. The molecule has 0 aliphatic carbocycles. The zero-order valence-electron chi connectivity index (χ0n) is 20.7. The van der Waals surface area contributed by atoms with E-state index in [4.69, 9.17) is 16.3 Å². The predicted octanol–water partition coefficient (Wildman–Crippen LogP) is 4.44. The molecule has 0 unspecified atom stereocenters. The summed E-state index contributed by atoms with van der Waals surface area (Å²) in [6.07, 6.45) is 1.40. The van der Waals surface area contributed by atoms with Gasteiger partial charge in [-0.2, -0.15) is 4.98 Å². The minimum atomic E-state index is -2.57. The summed E-state index contributed by atoms with van der Waals surface area (Å²) in [7, 11) is 2.49. The molecule has 0 spiro atoms. The van der Waals surface area contributed by atoms with E-state index in [1.54, 1.807) is 43.5 Å². The van der Waals surface area contributed by atoms with Crippen molar-refractivity contribution in [1.82, 2.24) is 15.3 Å². The van der Waals surface area contributed by atoms with E-state index in [1.165, 1.54) is 19.4 Å². The smallest absolute Gasteiger partial charge is 0.294 e. The summed E-state index contributed by atoms with van der Waals surface area (Å²) in [6.45, 7) is 4.58. The average molecular weight is 534 g/mol. The zero-order chi connectivity index (χ0) is 26.5. The van der Waals surface area contributed by atoms with Crippen LogP contribution in [0.1, 0.15) is 0 Å². The van der Waals surface area contributed by atoms with Gasteiger partial charge in [-0.25, -0.2) is 4.98 Å². The van der Waals surface area contributed by atoms with Crippen molar-refractivity contribution in [2.24, 2.45) is 0 Å². The first-order valence-electron chi connectivity index (χ1n) is 11.0. The molecule has 0 radical (unpaired) electrons. The van der Waals surface area contributed by atoms with Gasteiger partial charge < -0.3 is 30.2 Å². The van der Waals surface area contributed by atoms with E-state index in [1.807, 2.05) is 19.2 Å². The lowest BCUT2D eigenvalue weighted by Gasteiger charge is -2.21. The fourth-order valence-electron chi connectivity index (χ4n) is 3.49. The van der Waals surface area contributed by atoms with Crippen LogP contribution in [0.25, 0.3) is 0 Å². The summed E-state index contributed by atoms with van der Waals surface area (Å²) in [5.41, 5.74) is 1.24. The second-order valence-corrected chi connectivity index (χ2v) is 11.9. The highest BCUT2D eigenvalue weighted by Gasteiger charge is 2.23. The molecular weight excluding hydrogens is 505 g/mol. The number of halogens is 1. The number of rotatable bonds is 11. The van der Waals surface area contributed by atoms with Crippen LogP contribution in [0.4, 0.5) is 34.5 Å². The van der Waals surface area contributed by atoms with Gasteiger partial charge in [-0.1, -0.05) is 23.7 Å². The Morgan fingerprint density at radius 1 is 1.19 bits per heavy atom. The molecule has 3 rings (SSSR count). The molecule has 0 aliphatic heterocycles. The number of anilines is 5. The van der Waals surface area contributed by atoms with E-state index in [-0.39, 0.29) is 22.5 Å². The molecule has 0 aliphatic rings. The van der Waals surface area contributed by atoms with Crippen molar-refractivity contribution in [3.8, 4) is 5.75 Å². The lowest BCUT2D eigenvalue weighted by atomic mass is 10.2. The number of methoxy groups -OCH3 is 1. The van der Waals surface area contributed by atoms with Crippen LogP contribution in [0, 0.1) is 10.1 Å². The van der Waals surface area contributed by atoms with Gasteiger partial charge >= 0.3 is 0 Å². The Bertz CT molecular complexity index is 1300. The van der Waals surface area contributed by atoms with Gasteiger partial charge in [0.25, 0.3) is 5.69 Å². The maximum Gasteiger partial charge on any atom is 0.294 e. The highest BCUT2D eigenvalue weighted by atomic mass is 35.5. The first-order chi connectivity index (χ1) is 17.0. The van der Waals surface area contributed by atoms with Crippen LogP contribution in [-0.4, -0.2) is 62.5 Å². The highest BCUT2D eigenvalue weighted by Crippen LogP contribution is 2.40. The van der Waals surface area contributed by atoms with Crippen LogP contribution in [0.2, 0.25) is 5.02 Å². The number of benzene rings is 2. The van der Waals surface area contributed by atoms with Gasteiger partial charge in [0.05, 0.1) is 29.6 Å². The van der Waals surface area contributed by atoms with Crippen molar-refractivity contribution in [2.75, 3.05) is 63.2 Å². The van der Waals surface area contributed by atoms with E-state index in [0.29, 0.717) is 41.2 Å². The van der Waals surface area contributed by atoms with Crippen LogP contribution in [0.5, 0.6) is 5.75 Å². The maximum absolute atomic E-state index is 12.7. The zero-order valence-corrected chi connectivity index (χ0v) is 22.4. The topological polar surface area (TPSA) is 135 Å². The van der Waals surface area contributed by atoms with E-state index in [0.717, 1.165) is 0 Å². The van der Waals surface area contributed by atoms with Gasteiger partial charge in [-0.15, -0.1) is 0 Å². The molecule has 0 fully saturated rings. The average Bonchev–Trinajstić information content (AvgIpc) is 2.83. The second-order valence-electron chi connectivity index (χ2n) is 8.33. The van der Waals surface area contributed by atoms with Gasteiger partial charge in [-0.3, -0.25) is 10.1 Å². The molecule has 3 N–H and O–H groups in total. The van der Waals surface area contributed by atoms with Gasteiger partial charge in [0.1, 0.15) is 23.6 Å². The molecular formula is C23H29ClN7O4P. The molecule has 2 aromatic carbocycles. The number of para-hydroxylation sites is 1. The number of nitro benzene ring substituents is 1. The molecule has 1 aromatic heterocycles. The maximum atomic E-state index is 12.7. The standard InChI is InChI=1S/C23H29ClN7O4P/c1-25-10-11-30(2)18-13-20(35-3)17(12-19(18)31(32)33)28-23-26-14-15(24)22(29-23)27-16-8-6-7-9-21(16)36(4,5)34/h6-9,12-14,25H,10-11H2,1-5H3,(H2,26,27,28,29). The molecule has 36 heavy (non-hydrogen) atoms. The van der Waals surface area contributed by atoms with Crippen LogP contribution in [0.3, 0.4) is 0 Å². The molecule has 0 saturated heterocycles. The summed E-state index contributed by atoms with van der Waals surface area (Å²) in [4.78, 5) is 21.8. The number of nitro groups is 1. The van der Waals surface area contributed by atoms with Crippen molar-refractivity contribution in [3.05, 3.63) is 57.7 Å². The number of hydrogen-bond donors (Lipinski definition) is 3. The minimum absolute atomic E-state index is 0.0974. The SMILES string of the molecule is CNCCN(C)c1cc(OC)c(Nc2ncc(Cl)c(Nc3ccccc3P(C)(C)=O)n2)cc1[N+](=O)[O-]. The number of aromatic nitrogens is 2. The van der Waals surface area contributed by atoms with E-state index in [2.05, 4.69) is 25.9 Å². The third-order valence-electron chi connectivity index (χ3n) is 5.33. The van der Waals surface area contributed by atoms with Gasteiger partial charge in [0.2, 0.25) is 5.95 Å². The number of hydrogen-bond acceptors (Lipinski definition) is 10. The van der Waals surface area contributed by atoms with Crippen molar-refractivity contribution in [1.29, 1.82) is 0 Å². The molecule has 0 atom stereocenters. The number of ether oxygens (including phenoxy) is 1. The summed E-state index contributed by atoms with van der Waals surface area (Å²) in [5, 5.41) is 21.9. The molecule has 0 saturated carbocycles. The Kier molecular flexibility index (Phi) is 8.73. The molecule has 192 valence electrons. The predicted molar refractivity (Wildman–Crippen MR) is 146 cm³/mol. The third-order valence-corrected chi connectivity index (χ3v) is 7.16. The Morgan fingerprint density at radius 2 is 1.92 bits per heavy atom. The first kappa shape index (κ1) is 27.2. The Morgan fingerprint density at radius 3 is 2.56 bits per heavy atom.